The van der Waals surface area contributed by atoms with E-state index in [0.29, 0.717) is 23.0 Å². The van der Waals surface area contributed by atoms with E-state index < -0.39 is 0 Å². The van der Waals surface area contributed by atoms with Crippen LogP contribution in [-0.4, -0.2) is 5.78 Å². The Labute approximate surface area is 80.9 Å². The van der Waals surface area contributed by atoms with Gasteiger partial charge in [0.2, 0.25) is 0 Å². The van der Waals surface area contributed by atoms with Crippen molar-refractivity contribution < 1.29 is 4.79 Å². The van der Waals surface area contributed by atoms with Crippen LogP contribution in [0.4, 0.5) is 0 Å². The molecule has 0 bridgehead atoms. The van der Waals surface area contributed by atoms with Crippen LogP contribution in [0.25, 0.3) is 0 Å². The Morgan fingerprint density at radius 3 is 2.85 bits per heavy atom. The third-order valence-corrected chi connectivity index (χ3v) is 4.46. The molecule has 2 rings (SSSR count). The molecule has 2 fully saturated rings. The normalized spacial score (nSPS) is 45.8. The molecule has 0 spiro atoms. The fourth-order valence-electron chi connectivity index (χ4n) is 3.45. The fourth-order valence-corrected chi connectivity index (χ4v) is 3.45. The molecule has 0 aromatic carbocycles. The molecule has 3 atom stereocenters. The molecule has 0 amide bonds. The van der Waals surface area contributed by atoms with Crippen LogP contribution in [0.1, 0.15) is 52.4 Å². The summed E-state index contributed by atoms with van der Waals surface area (Å²) in [5, 5.41) is 0. The maximum atomic E-state index is 11.6. The second-order valence-corrected chi connectivity index (χ2v) is 5.26. The predicted molar refractivity (Wildman–Crippen MR) is 53.5 cm³/mol. The van der Waals surface area contributed by atoms with E-state index in [1.54, 1.807) is 0 Å². The number of rotatable bonds is 0. The van der Waals surface area contributed by atoms with Crippen LogP contribution in [-0.2, 0) is 4.79 Å². The standard InChI is InChI=1S/C12H20O/c1-9-10-5-3-4-7-12(10,2)8-6-11(9)13/h9-10H,3-8H2,1-2H3/t9-,10-,12-/m0/s1. The van der Waals surface area contributed by atoms with E-state index in [1.807, 2.05) is 0 Å². The summed E-state index contributed by atoms with van der Waals surface area (Å²) in [6.07, 6.45) is 7.37. The zero-order valence-electron chi connectivity index (χ0n) is 8.81. The molecule has 0 aliphatic heterocycles. The number of hydrogen-bond donors (Lipinski definition) is 0. The Balaban J connectivity index is 2.19. The topological polar surface area (TPSA) is 17.1 Å². The minimum absolute atomic E-state index is 0.346. The molecule has 0 aromatic heterocycles. The Hall–Kier alpha value is -0.330. The second-order valence-electron chi connectivity index (χ2n) is 5.26. The summed E-state index contributed by atoms with van der Waals surface area (Å²) in [5.74, 6) is 1.56. The largest absolute Gasteiger partial charge is 0.299 e. The third kappa shape index (κ3) is 1.43. The summed E-state index contributed by atoms with van der Waals surface area (Å²) in [6.45, 7) is 4.55. The number of Topliss-reactive ketones (excluding diaryl/α,β-unsaturated/α-hetero) is 1. The van der Waals surface area contributed by atoms with Crippen LogP contribution in [0.2, 0.25) is 0 Å². The molecule has 2 aliphatic carbocycles. The van der Waals surface area contributed by atoms with Crippen molar-refractivity contribution in [3.05, 3.63) is 0 Å². The van der Waals surface area contributed by atoms with Crippen LogP contribution in [0, 0.1) is 17.3 Å². The number of carbonyl (C=O) groups is 1. The van der Waals surface area contributed by atoms with Gasteiger partial charge in [0.05, 0.1) is 0 Å². The van der Waals surface area contributed by atoms with E-state index in [2.05, 4.69) is 13.8 Å². The van der Waals surface area contributed by atoms with Gasteiger partial charge in [0, 0.05) is 12.3 Å². The van der Waals surface area contributed by atoms with Gasteiger partial charge in [0.15, 0.2) is 0 Å². The first-order chi connectivity index (χ1) is 6.13. The van der Waals surface area contributed by atoms with Gasteiger partial charge in [0.25, 0.3) is 0 Å². The van der Waals surface area contributed by atoms with Crippen molar-refractivity contribution in [3.8, 4) is 0 Å². The first kappa shape index (κ1) is 9.23. The van der Waals surface area contributed by atoms with Gasteiger partial charge in [-0.05, 0) is 30.6 Å². The van der Waals surface area contributed by atoms with Crippen molar-refractivity contribution in [2.24, 2.45) is 17.3 Å². The highest BCUT2D eigenvalue weighted by molar-refractivity contribution is 5.82. The highest BCUT2D eigenvalue weighted by atomic mass is 16.1. The van der Waals surface area contributed by atoms with E-state index in [9.17, 15) is 4.79 Å². The zero-order valence-corrected chi connectivity index (χ0v) is 8.81. The van der Waals surface area contributed by atoms with E-state index in [0.717, 1.165) is 12.8 Å². The quantitative estimate of drug-likeness (QED) is 0.559. The molecule has 1 heteroatoms. The van der Waals surface area contributed by atoms with Gasteiger partial charge in [-0.25, -0.2) is 0 Å². The molecule has 1 nitrogen and oxygen atoms in total. The molecule has 0 heterocycles. The molecule has 2 aliphatic rings. The molecule has 0 N–H and O–H groups in total. The summed E-state index contributed by atoms with van der Waals surface area (Å²) < 4.78 is 0. The van der Waals surface area contributed by atoms with Gasteiger partial charge in [-0.15, -0.1) is 0 Å². The Kier molecular flexibility index (Phi) is 2.21. The van der Waals surface area contributed by atoms with Crippen molar-refractivity contribution in [1.82, 2.24) is 0 Å². The van der Waals surface area contributed by atoms with E-state index in [1.165, 1.54) is 25.7 Å². The monoisotopic (exact) mass is 180 g/mol. The molecule has 0 saturated heterocycles. The van der Waals surface area contributed by atoms with Crippen molar-refractivity contribution in [2.45, 2.75) is 52.4 Å². The molecule has 2 saturated carbocycles. The second kappa shape index (κ2) is 3.11. The summed E-state index contributed by atoms with van der Waals surface area (Å²) >= 11 is 0. The van der Waals surface area contributed by atoms with Crippen LogP contribution in [0.15, 0.2) is 0 Å². The minimum atomic E-state index is 0.346. The third-order valence-electron chi connectivity index (χ3n) is 4.46. The molecule has 0 aromatic rings. The lowest BCUT2D eigenvalue weighted by atomic mass is 9.57. The summed E-state index contributed by atoms with van der Waals surface area (Å²) in [7, 11) is 0. The number of hydrogen-bond acceptors (Lipinski definition) is 1. The molecule has 0 radical (unpaired) electrons. The van der Waals surface area contributed by atoms with Gasteiger partial charge in [-0.1, -0.05) is 26.7 Å². The van der Waals surface area contributed by atoms with Crippen LogP contribution in [0.5, 0.6) is 0 Å². The lowest BCUT2D eigenvalue weighted by molar-refractivity contribution is -0.132. The van der Waals surface area contributed by atoms with Crippen LogP contribution >= 0.6 is 0 Å². The lowest BCUT2D eigenvalue weighted by Crippen LogP contribution is -2.42. The van der Waals surface area contributed by atoms with Gasteiger partial charge in [-0.2, -0.15) is 0 Å². The minimum Gasteiger partial charge on any atom is -0.299 e. The smallest absolute Gasteiger partial charge is 0.136 e. The van der Waals surface area contributed by atoms with Crippen molar-refractivity contribution >= 4 is 5.78 Å². The van der Waals surface area contributed by atoms with E-state index in [-0.39, 0.29) is 0 Å². The predicted octanol–water partition coefficient (Wildman–Crippen LogP) is 3.18. The molecule has 74 valence electrons. The van der Waals surface area contributed by atoms with Gasteiger partial charge >= 0.3 is 0 Å². The number of ketones is 1. The summed E-state index contributed by atoms with van der Waals surface area (Å²) in [6, 6.07) is 0. The van der Waals surface area contributed by atoms with Gasteiger partial charge < -0.3 is 0 Å². The SMILES string of the molecule is C[C@@H]1C(=O)CC[C@]2(C)CCCC[C@@H]12. The summed E-state index contributed by atoms with van der Waals surface area (Å²) in [4.78, 5) is 11.6. The average Bonchev–Trinajstić information content (AvgIpc) is 2.12. The van der Waals surface area contributed by atoms with E-state index in [4.69, 9.17) is 0 Å². The highest BCUT2D eigenvalue weighted by Gasteiger charge is 2.44. The molecular weight excluding hydrogens is 160 g/mol. The van der Waals surface area contributed by atoms with Crippen molar-refractivity contribution in [2.75, 3.05) is 0 Å². The highest BCUT2D eigenvalue weighted by Crippen LogP contribution is 2.51. The lowest BCUT2D eigenvalue weighted by Gasteiger charge is -2.47. The van der Waals surface area contributed by atoms with Gasteiger partial charge in [-0.3, -0.25) is 4.79 Å². The van der Waals surface area contributed by atoms with Crippen LogP contribution in [0.3, 0.4) is 0 Å². The number of fused-ring (bicyclic) bond motifs is 1. The molecular formula is C12H20O. The van der Waals surface area contributed by atoms with E-state index >= 15 is 0 Å². The average molecular weight is 180 g/mol. The van der Waals surface area contributed by atoms with Crippen LogP contribution < -0.4 is 0 Å². The Morgan fingerprint density at radius 2 is 2.08 bits per heavy atom. The summed E-state index contributed by atoms with van der Waals surface area (Å²) in [5.41, 5.74) is 0.506. The maximum absolute atomic E-state index is 11.6. The molecule has 13 heavy (non-hydrogen) atoms. The van der Waals surface area contributed by atoms with Crippen molar-refractivity contribution in [3.63, 3.8) is 0 Å². The molecule has 0 unspecified atom stereocenters. The number of carbonyl (C=O) groups excluding carboxylic acids is 1. The zero-order chi connectivity index (χ0) is 9.47. The first-order valence-corrected chi connectivity index (χ1v) is 5.66. The maximum Gasteiger partial charge on any atom is 0.136 e. The Morgan fingerprint density at radius 1 is 1.31 bits per heavy atom. The van der Waals surface area contributed by atoms with Gasteiger partial charge in [0.1, 0.15) is 5.78 Å². The fraction of sp³-hybridized carbons (Fsp3) is 0.917. The Bertz CT molecular complexity index is 221. The van der Waals surface area contributed by atoms with Crippen molar-refractivity contribution in [1.29, 1.82) is 0 Å². The first-order valence-electron chi connectivity index (χ1n) is 5.66.